The monoisotopic (exact) mass is 223 g/mol. The van der Waals surface area contributed by atoms with Gasteiger partial charge in [0, 0.05) is 0 Å². The number of hydrogen-bond donors (Lipinski definition) is 0. The van der Waals surface area contributed by atoms with Crippen molar-refractivity contribution < 1.29 is 9.47 Å². The Balaban J connectivity index is 3.85. The van der Waals surface area contributed by atoms with Crippen molar-refractivity contribution in [1.29, 1.82) is 5.26 Å². The van der Waals surface area contributed by atoms with Crippen LogP contribution in [0.1, 0.15) is 34.1 Å². The average Bonchev–Trinajstić information content (AvgIpc) is 2.20. The maximum atomic E-state index is 8.31. The molecule has 3 heteroatoms. The minimum atomic E-state index is 0.434. The molecule has 0 aromatic heterocycles. The standard InChI is InChI=1S/C13H21NO2/c1-11(2)10-13(12(3)4)16-9-8-15-7-5-6-14/h10H,5,7-9H2,1-4H3. The van der Waals surface area contributed by atoms with Crippen molar-refractivity contribution in [3.05, 3.63) is 23.0 Å². The molecule has 0 aromatic carbocycles. The molecule has 0 atom stereocenters. The zero-order chi connectivity index (χ0) is 12.4. The zero-order valence-electron chi connectivity index (χ0n) is 10.7. The number of nitriles is 1. The van der Waals surface area contributed by atoms with Crippen LogP contribution in [0.5, 0.6) is 0 Å². The predicted molar refractivity (Wildman–Crippen MR) is 64.8 cm³/mol. The minimum absolute atomic E-state index is 0.434. The van der Waals surface area contributed by atoms with E-state index in [2.05, 4.69) is 0 Å². The van der Waals surface area contributed by atoms with Crippen LogP contribution < -0.4 is 0 Å². The van der Waals surface area contributed by atoms with Crippen LogP contribution in [0.2, 0.25) is 0 Å². The van der Waals surface area contributed by atoms with Gasteiger partial charge in [-0.3, -0.25) is 0 Å². The second-order valence-corrected chi connectivity index (χ2v) is 3.95. The number of nitrogens with zero attached hydrogens (tertiary/aromatic N) is 1. The van der Waals surface area contributed by atoms with Gasteiger partial charge in [0.05, 0.1) is 25.7 Å². The Kier molecular flexibility index (Phi) is 8.28. The highest BCUT2D eigenvalue weighted by Gasteiger charge is 1.97. The molecule has 0 aliphatic rings. The van der Waals surface area contributed by atoms with E-state index in [1.54, 1.807) is 0 Å². The Bertz CT molecular complexity index is 290. The Morgan fingerprint density at radius 2 is 1.81 bits per heavy atom. The Morgan fingerprint density at radius 1 is 1.12 bits per heavy atom. The van der Waals surface area contributed by atoms with Gasteiger partial charge in [0.15, 0.2) is 0 Å². The number of hydrogen-bond acceptors (Lipinski definition) is 3. The van der Waals surface area contributed by atoms with Gasteiger partial charge < -0.3 is 9.47 Å². The van der Waals surface area contributed by atoms with Gasteiger partial charge in [-0.2, -0.15) is 5.26 Å². The van der Waals surface area contributed by atoms with E-state index in [1.165, 1.54) is 5.57 Å². The third kappa shape index (κ3) is 8.07. The number of ether oxygens (including phenoxy) is 2. The second kappa shape index (κ2) is 8.99. The summed E-state index contributed by atoms with van der Waals surface area (Å²) in [6, 6.07) is 2.03. The topological polar surface area (TPSA) is 42.2 Å². The van der Waals surface area contributed by atoms with E-state index in [1.807, 2.05) is 39.8 Å². The van der Waals surface area contributed by atoms with Gasteiger partial charge in [-0.15, -0.1) is 0 Å². The molecule has 90 valence electrons. The van der Waals surface area contributed by atoms with Crippen molar-refractivity contribution in [2.45, 2.75) is 34.1 Å². The summed E-state index contributed by atoms with van der Waals surface area (Å²) in [5.74, 6) is 0.906. The summed E-state index contributed by atoms with van der Waals surface area (Å²) in [5, 5.41) is 8.31. The SMILES string of the molecule is CC(C)=CC(OCCOCCC#N)=C(C)C. The van der Waals surface area contributed by atoms with Gasteiger partial charge in [0.25, 0.3) is 0 Å². The molecule has 0 heterocycles. The van der Waals surface area contributed by atoms with E-state index in [-0.39, 0.29) is 0 Å². The first-order valence-corrected chi connectivity index (χ1v) is 5.47. The van der Waals surface area contributed by atoms with Crippen LogP contribution in [-0.4, -0.2) is 19.8 Å². The molecule has 3 nitrogen and oxygen atoms in total. The molecule has 0 bridgehead atoms. The van der Waals surface area contributed by atoms with Gasteiger partial charge in [-0.25, -0.2) is 0 Å². The van der Waals surface area contributed by atoms with Crippen LogP contribution >= 0.6 is 0 Å². The van der Waals surface area contributed by atoms with Crippen LogP contribution in [0.25, 0.3) is 0 Å². The van der Waals surface area contributed by atoms with Crippen LogP contribution in [-0.2, 0) is 9.47 Å². The molecular weight excluding hydrogens is 202 g/mol. The molecule has 0 fully saturated rings. The van der Waals surface area contributed by atoms with Crippen molar-refractivity contribution in [1.82, 2.24) is 0 Å². The fourth-order valence-electron chi connectivity index (χ4n) is 1.02. The smallest absolute Gasteiger partial charge is 0.117 e. The fraction of sp³-hybridized carbons (Fsp3) is 0.615. The molecule has 0 amide bonds. The molecule has 0 unspecified atom stereocenters. The van der Waals surface area contributed by atoms with Gasteiger partial charge in [-0.05, 0) is 39.3 Å². The normalized spacial score (nSPS) is 9.19. The molecule has 0 radical (unpaired) electrons. The molecule has 0 spiro atoms. The summed E-state index contributed by atoms with van der Waals surface area (Å²) in [6.07, 6.45) is 2.45. The third-order valence-electron chi connectivity index (χ3n) is 1.76. The highest BCUT2D eigenvalue weighted by Crippen LogP contribution is 2.09. The molecule has 0 saturated carbocycles. The highest BCUT2D eigenvalue weighted by atomic mass is 16.5. The van der Waals surface area contributed by atoms with E-state index in [4.69, 9.17) is 14.7 Å². The number of rotatable bonds is 7. The van der Waals surface area contributed by atoms with Gasteiger partial charge in [0.2, 0.25) is 0 Å². The Labute approximate surface area is 98.4 Å². The van der Waals surface area contributed by atoms with E-state index < -0.39 is 0 Å². The van der Waals surface area contributed by atoms with E-state index >= 15 is 0 Å². The lowest BCUT2D eigenvalue weighted by Gasteiger charge is -2.09. The van der Waals surface area contributed by atoms with Crippen LogP contribution in [0.3, 0.4) is 0 Å². The molecule has 0 aliphatic heterocycles. The van der Waals surface area contributed by atoms with Gasteiger partial charge in [-0.1, -0.05) is 5.57 Å². The molecular formula is C13H21NO2. The highest BCUT2D eigenvalue weighted by molar-refractivity contribution is 5.20. The van der Waals surface area contributed by atoms with Crippen LogP contribution in [0.4, 0.5) is 0 Å². The predicted octanol–water partition coefficient (Wildman–Crippen LogP) is 3.19. The summed E-state index contributed by atoms with van der Waals surface area (Å²) in [4.78, 5) is 0. The van der Waals surface area contributed by atoms with Gasteiger partial charge >= 0.3 is 0 Å². The minimum Gasteiger partial charge on any atom is -0.491 e. The van der Waals surface area contributed by atoms with E-state index in [0.717, 1.165) is 11.3 Å². The van der Waals surface area contributed by atoms with E-state index in [9.17, 15) is 0 Å². The molecule has 0 aliphatic carbocycles. The van der Waals surface area contributed by atoms with Crippen molar-refractivity contribution in [3.8, 4) is 6.07 Å². The quantitative estimate of drug-likeness (QED) is 0.378. The third-order valence-corrected chi connectivity index (χ3v) is 1.76. The van der Waals surface area contributed by atoms with Crippen molar-refractivity contribution in [3.63, 3.8) is 0 Å². The van der Waals surface area contributed by atoms with Crippen molar-refractivity contribution >= 4 is 0 Å². The first-order chi connectivity index (χ1) is 7.57. The summed E-state index contributed by atoms with van der Waals surface area (Å²) in [6.45, 7) is 9.64. The lowest BCUT2D eigenvalue weighted by Crippen LogP contribution is -2.05. The van der Waals surface area contributed by atoms with E-state index in [0.29, 0.717) is 26.2 Å². The zero-order valence-corrected chi connectivity index (χ0v) is 10.7. The molecule has 0 aromatic rings. The lowest BCUT2D eigenvalue weighted by atomic mass is 10.2. The molecule has 0 N–H and O–H groups in total. The Hall–Kier alpha value is -1.27. The number of allylic oxidation sites excluding steroid dienone is 3. The molecule has 16 heavy (non-hydrogen) atoms. The largest absolute Gasteiger partial charge is 0.491 e. The summed E-state index contributed by atoms with van der Waals surface area (Å²) >= 11 is 0. The summed E-state index contributed by atoms with van der Waals surface area (Å²) in [7, 11) is 0. The van der Waals surface area contributed by atoms with Crippen LogP contribution in [0.15, 0.2) is 23.0 Å². The molecule has 0 saturated heterocycles. The lowest BCUT2D eigenvalue weighted by molar-refractivity contribution is 0.0812. The van der Waals surface area contributed by atoms with Crippen LogP contribution in [0, 0.1) is 11.3 Å². The molecule has 0 rings (SSSR count). The maximum Gasteiger partial charge on any atom is 0.117 e. The summed E-state index contributed by atoms with van der Waals surface area (Å²) < 4.78 is 10.8. The first kappa shape index (κ1) is 14.7. The Morgan fingerprint density at radius 3 is 2.31 bits per heavy atom. The fourth-order valence-corrected chi connectivity index (χ4v) is 1.02. The average molecular weight is 223 g/mol. The van der Waals surface area contributed by atoms with Crippen molar-refractivity contribution in [2.24, 2.45) is 0 Å². The van der Waals surface area contributed by atoms with Gasteiger partial charge in [0.1, 0.15) is 12.4 Å². The van der Waals surface area contributed by atoms with Crippen molar-refractivity contribution in [2.75, 3.05) is 19.8 Å². The second-order valence-electron chi connectivity index (χ2n) is 3.95. The maximum absolute atomic E-state index is 8.31. The summed E-state index contributed by atoms with van der Waals surface area (Å²) in [5.41, 5.74) is 2.36. The first-order valence-electron chi connectivity index (χ1n) is 5.47.